The van der Waals surface area contributed by atoms with E-state index in [-0.39, 0.29) is 6.61 Å². The van der Waals surface area contributed by atoms with Gasteiger partial charge in [-0.25, -0.2) is 4.98 Å². The zero-order valence-corrected chi connectivity index (χ0v) is 12.7. The van der Waals surface area contributed by atoms with Crippen molar-refractivity contribution in [3.05, 3.63) is 72.2 Å². The molecule has 4 rings (SSSR count). The van der Waals surface area contributed by atoms with Crippen molar-refractivity contribution in [2.45, 2.75) is 13.5 Å². The molecule has 1 N–H and O–H groups in total. The van der Waals surface area contributed by atoms with Crippen molar-refractivity contribution < 1.29 is 9.52 Å². The van der Waals surface area contributed by atoms with E-state index in [0.29, 0.717) is 5.76 Å². The number of aryl methyl sites for hydroxylation is 1. The van der Waals surface area contributed by atoms with E-state index in [1.54, 1.807) is 6.07 Å². The Labute approximate surface area is 133 Å². The van der Waals surface area contributed by atoms with Gasteiger partial charge in [-0.1, -0.05) is 24.3 Å². The molecule has 23 heavy (non-hydrogen) atoms. The summed E-state index contributed by atoms with van der Waals surface area (Å²) in [5.41, 5.74) is 5.13. The van der Waals surface area contributed by atoms with E-state index in [2.05, 4.69) is 19.1 Å². The standard InChI is InChI=1S/C19H16N2O2/c1-13-4-2-3-5-16(13)17-11-21-10-14(6-9-19(21)20-17)18-8-7-15(12-22)23-18/h2-11,22H,12H2,1H3. The fourth-order valence-corrected chi connectivity index (χ4v) is 2.75. The van der Waals surface area contributed by atoms with Crippen molar-refractivity contribution in [3.8, 4) is 22.6 Å². The SMILES string of the molecule is Cc1ccccc1-c1cn2cc(-c3ccc(CO)o3)ccc2n1. The highest BCUT2D eigenvalue weighted by Crippen LogP contribution is 2.26. The predicted octanol–water partition coefficient (Wildman–Crippen LogP) is 4.06. The first-order valence-corrected chi connectivity index (χ1v) is 7.49. The molecular weight excluding hydrogens is 288 g/mol. The minimum atomic E-state index is -0.0925. The van der Waals surface area contributed by atoms with Crippen LogP contribution in [0.25, 0.3) is 28.2 Å². The van der Waals surface area contributed by atoms with Gasteiger partial charge < -0.3 is 13.9 Å². The van der Waals surface area contributed by atoms with Gasteiger partial charge in [0, 0.05) is 23.5 Å². The summed E-state index contributed by atoms with van der Waals surface area (Å²) in [5.74, 6) is 1.30. The molecular formula is C19H16N2O2. The lowest BCUT2D eigenvalue weighted by Crippen LogP contribution is -1.84. The zero-order chi connectivity index (χ0) is 15.8. The van der Waals surface area contributed by atoms with Crippen LogP contribution in [0.5, 0.6) is 0 Å². The Hall–Kier alpha value is -2.85. The molecule has 4 nitrogen and oxygen atoms in total. The molecule has 1 aromatic carbocycles. The highest BCUT2D eigenvalue weighted by atomic mass is 16.4. The van der Waals surface area contributed by atoms with Gasteiger partial charge in [0.2, 0.25) is 0 Å². The molecule has 0 unspecified atom stereocenters. The first-order valence-electron chi connectivity index (χ1n) is 7.49. The van der Waals surface area contributed by atoms with Crippen LogP contribution in [0.3, 0.4) is 0 Å². The molecule has 3 heterocycles. The third-order valence-corrected chi connectivity index (χ3v) is 3.97. The maximum atomic E-state index is 9.12. The summed E-state index contributed by atoms with van der Waals surface area (Å²) < 4.78 is 7.59. The van der Waals surface area contributed by atoms with E-state index < -0.39 is 0 Å². The van der Waals surface area contributed by atoms with E-state index in [0.717, 1.165) is 28.2 Å². The van der Waals surface area contributed by atoms with Crippen molar-refractivity contribution >= 4 is 5.65 Å². The van der Waals surface area contributed by atoms with Crippen LogP contribution in [0.15, 0.2) is 65.3 Å². The Morgan fingerprint density at radius 2 is 1.91 bits per heavy atom. The number of benzene rings is 1. The van der Waals surface area contributed by atoms with Gasteiger partial charge in [-0.15, -0.1) is 0 Å². The van der Waals surface area contributed by atoms with Gasteiger partial charge >= 0.3 is 0 Å². The summed E-state index contributed by atoms with van der Waals surface area (Å²) in [6.45, 7) is 1.99. The van der Waals surface area contributed by atoms with Crippen molar-refractivity contribution in [1.82, 2.24) is 9.38 Å². The number of furan rings is 1. The monoisotopic (exact) mass is 304 g/mol. The maximum absolute atomic E-state index is 9.12. The lowest BCUT2D eigenvalue weighted by molar-refractivity contribution is 0.248. The number of pyridine rings is 1. The number of hydrogen-bond donors (Lipinski definition) is 1. The fraction of sp³-hybridized carbons (Fsp3) is 0.105. The second-order valence-electron chi connectivity index (χ2n) is 5.55. The van der Waals surface area contributed by atoms with Crippen molar-refractivity contribution in [1.29, 1.82) is 0 Å². The molecule has 0 saturated carbocycles. The second kappa shape index (κ2) is 5.41. The molecule has 0 bridgehead atoms. The van der Waals surface area contributed by atoms with Gasteiger partial charge in [-0.2, -0.15) is 0 Å². The van der Waals surface area contributed by atoms with Crippen LogP contribution in [0.1, 0.15) is 11.3 Å². The van der Waals surface area contributed by atoms with Gasteiger partial charge in [0.05, 0.1) is 5.69 Å². The Balaban J connectivity index is 1.79. The summed E-state index contributed by atoms with van der Waals surface area (Å²) in [6.07, 6.45) is 4.02. The second-order valence-corrected chi connectivity index (χ2v) is 5.55. The third-order valence-electron chi connectivity index (χ3n) is 3.97. The molecule has 0 fully saturated rings. The first-order chi connectivity index (χ1) is 11.2. The van der Waals surface area contributed by atoms with Gasteiger partial charge in [-0.05, 0) is 36.8 Å². The number of aliphatic hydroxyl groups is 1. The van der Waals surface area contributed by atoms with Crippen molar-refractivity contribution in [3.63, 3.8) is 0 Å². The van der Waals surface area contributed by atoms with Crippen LogP contribution in [-0.2, 0) is 6.61 Å². The number of fused-ring (bicyclic) bond motifs is 1. The minimum absolute atomic E-state index is 0.0925. The van der Waals surface area contributed by atoms with E-state index >= 15 is 0 Å². The van der Waals surface area contributed by atoms with Gasteiger partial charge in [-0.3, -0.25) is 0 Å². The highest BCUT2D eigenvalue weighted by Gasteiger charge is 2.09. The predicted molar refractivity (Wildman–Crippen MR) is 89.0 cm³/mol. The largest absolute Gasteiger partial charge is 0.459 e. The number of imidazole rings is 1. The fourth-order valence-electron chi connectivity index (χ4n) is 2.75. The Morgan fingerprint density at radius 3 is 2.70 bits per heavy atom. The molecule has 0 aliphatic carbocycles. The van der Waals surface area contributed by atoms with Crippen LogP contribution >= 0.6 is 0 Å². The smallest absolute Gasteiger partial charge is 0.137 e. The summed E-state index contributed by atoms with van der Waals surface area (Å²) in [7, 11) is 0. The summed E-state index contributed by atoms with van der Waals surface area (Å²) in [6, 6.07) is 15.8. The molecule has 0 amide bonds. The quantitative estimate of drug-likeness (QED) is 0.621. The van der Waals surface area contributed by atoms with Crippen LogP contribution < -0.4 is 0 Å². The van der Waals surface area contributed by atoms with Gasteiger partial charge in [0.25, 0.3) is 0 Å². The van der Waals surface area contributed by atoms with Gasteiger partial charge in [0.1, 0.15) is 23.8 Å². The lowest BCUT2D eigenvalue weighted by atomic mass is 10.1. The maximum Gasteiger partial charge on any atom is 0.137 e. The summed E-state index contributed by atoms with van der Waals surface area (Å²) in [4.78, 5) is 4.69. The molecule has 0 atom stereocenters. The zero-order valence-electron chi connectivity index (χ0n) is 12.7. The molecule has 0 aliphatic heterocycles. The Bertz CT molecular complexity index is 982. The third kappa shape index (κ3) is 2.43. The first kappa shape index (κ1) is 13.8. The molecule has 0 aliphatic rings. The van der Waals surface area contributed by atoms with E-state index in [4.69, 9.17) is 14.5 Å². The molecule has 4 aromatic rings. The van der Waals surface area contributed by atoms with E-state index in [1.807, 2.05) is 47.1 Å². The Morgan fingerprint density at radius 1 is 1.04 bits per heavy atom. The average Bonchev–Trinajstić information content (AvgIpc) is 3.21. The van der Waals surface area contributed by atoms with Crippen LogP contribution in [0.2, 0.25) is 0 Å². The topological polar surface area (TPSA) is 50.7 Å². The number of nitrogens with zero attached hydrogens (tertiary/aromatic N) is 2. The number of rotatable bonds is 3. The van der Waals surface area contributed by atoms with Crippen molar-refractivity contribution in [2.24, 2.45) is 0 Å². The molecule has 0 radical (unpaired) electrons. The molecule has 0 saturated heterocycles. The van der Waals surface area contributed by atoms with Crippen LogP contribution in [-0.4, -0.2) is 14.5 Å². The number of aliphatic hydroxyl groups excluding tert-OH is 1. The Kier molecular flexibility index (Phi) is 3.24. The van der Waals surface area contributed by atoms with Crippen molar-refractivity contribution in [2.75, 3.05) is 0 Å². The van der Waals surface area contributed by atoms with Gasteiger partial charge in [0.15, 0.2) is 0 Å². The van der Waals surface area contributed by atoms with E-state index in [1.165, 1.54) is 5.56 Å². The average molecular weight is 304 g/mol. The molecule has 3 aromatic heterocycles. The number of aromatic nitrogens is 2. The van der Waals surface area contributed by atoms with Crippen LogP contribution in [0, 0.1) is 6.92 Å². The normalized spacial score (nSPS) is 11.2. The summed E-state index contributed by atoms with van der Waals surface area (Å²) >= 11 is 0. The summed E-state index contributed by atoms with van der Waals surface area (Å²) in [5, 5.41) is 9.12. The molecule has 114 valence electrons. The highest BCUT2D eigenvalue weighted by molar-refractivity contribution is 5.67. The number of hydrogen-bond acceptors (Lipinski definition) is 3. The molecule has 4 heteroatoms. The van der Waals surface area contributed by atoms with E-state index in [9.17, 15) is 0 Å². The van der Waals surface area contributed by atoms with Crippen LogP contribution in [0.4, 0.5) is 0 Å². The lowest BCUT2D eigenvalue weighted by Gasteiger charge is -2.00. The molecule has 0 spiro atoms. The minimum Gasteiger partial charge on any atom is -0.459 e.